The predicted octanol–water partition coefficient (Wildman–Crippen LogP) is 3.26. The first-order valence-corrected chi connectivity index (χ1v) is 6.78. The minimum Gasteiger partial charge on any atom is -0.377 e. The number of ether oxygens (including phenoxy) is 1. The van der Waals surface area contributed by atoms with Gasteiger partial charge < -0.3 is 9.64 Å². The molecule has 0 aliphatic carbocycles. The summed E-state index contributed by atoms with van der Waals surface area (Å²) in [4.78, 5) is 6.73. The highest BCUT2D eigenvalue weighted by molar-refractivity contribution is 6.29. The van der Waals surface area contributed by atoms with E-state index < -0.39 is 0 Å². The van der Waals surface area contributed by atoms with Gasteiger partial charge in [-0.3, -0.25) is 0 Å². The Morgan fingerprint density at radius 1 is 1.39 bits per heavy atom. The van der Waals surface area contributed by atoms with Crippen LogP contribution in [0.4, 0.5) is 5.82 Å². The molecular weight excluding hydrogens is 248 g/mol. The maximum atomic E-state index is 6.15. The summed E-state index contributed by atoms with van der Waals surface area (Å²) in [6.07, 6.45) is 0. The van der Waals surface area contributed by atoms with E-state index in [9.17, 15) is 0 Å². The van der Waals surface area contributed by atoms with Gasteiger partial charge in [-0.25, -0.2) is 4.98 Å². The molecule has 0 saturated carbocycles. The summed E-state index contributed by atoms with van der Waals surface area (Å²) in [5, 5.41) is 0.566. The van der Waals surface area contributed by atoms with Crippen LogP contribution in [-0.2, 0) is 10.2 Å². The standard InChI is InChI=1S/C14H21ClN2O/c1-10-9-18-6-5-17(10)13-8-11(14(2,3)4)7-12(15)16-13/h7-8,10H,5-6,9H2,1-4H3/t10-/m1/s1. The Labute approximate surface area is 114 Å². The Bertz CT molecular complexity index is 428. The second-order valence-electron chi connectivity index (χ2n) is 5.90. The second kappa shape index (κ2) is 5.06. The molecule has 0 bridgehead atoms. The minimum atomic E-state index is 0.0802. The minimum absolute atomic E-state index is 0.0802. The van der Waals surface area contributed by atoms with Crippen molar-refractivity contribution in [1.82, 2.24) is 4.98 Å². The van der Waals surface area contributed by atoms with E-state index in [1.165, 1.54) is 5.56 Å². The molecule has 0 N–H and O–H groups in total. The number of hydrogen-bond acceptors (Lipinski definition) is 3. The van der Waals surface area contributed by atoms with Crippen molar-refractivity contribution in [2.24, 2.45) is 0 Å². The van der Waals surface area contributed by atoms with Gasteiger partial charge in [-0.2, -0.15) is 0 Å². The molecule has 3 nitrogen and oxygen atoms in total. The highest BCUT2D eigenvalue weighted by atomic mass is 35.5. The SMILES string of the molecule is C[C@@H]1COCCN1c1cc(C(C)(C)C)cc(Cl)n1. The van der Waals surface area contributed by atoms with Crippen LogP contribution in [0.3, 0.4) is 0 Å². The van der Waals surface area contributed by atoms with Crippen molar-refractivity contribution in [2.45, 2.75) is 39.2 Å². The highest BCUT2D eigenvalue weighted by Gasteiger charge is 2.23. The maximum Gasteiger partial charge on any atom is 0.131 e. The number of aromatic nitrogens is 1. The third kappa shape index (κ3) is 2.96. The van der Waals surface area contributed by atoms with Gasteiger partial charge in [-0.05, 0) is 30.0 Å². The molecule has 0 radical (unpaired) electrons. The largest absolute Gasteiger partial charge is 0.377 e. The van der Waals surface area contributed by atoms with Gasteiger partial charge >= 0.3 is 0 Å². The number of nitrogens with zero attached hydrogens (tertiary/aromatic N) is 2. The number of halogens is 1. The van der Waals surface area contributed by atoms with Crippen molar-refractivity contribution < 1.29 is 4.74 Å². The lowest BCUT2D eigenvalue weighted by molar-refractivity contribution is 0.0985. The Morgan fingerprint density at radius 3 is 2.72 bits per heavy atom. The molecule has 2 heterocycles. The number of hydrogen-bond donors (Lipinski definition) is 0. The number of pyridine rings is 1. The van der Waals surface area contributed by atoms with Gasteiger partial charge in [0.15, 0.2) is 0 Å². The summed E-state index contributed by atoms with van der Waals surface area (Å²) >= 11 is 6.15. The summed E-state index contributed by atoms with van der Waals surface area (Å²) in [5.74, 6) is 0.961. The van der Waals surface area contributed by atoms with E-state index in [0.717, 1.165) is 25.6 Å². The van der Waals surface area contributed by atoms with Gasteiger partial charge in [0, 0.05) is 6.54 Å². The molecule has 0 amide bonds. The fourth-order valence-electron chi connectivity index (χ4n) is 2.13. The van der Waals surface area contributed by atoms with Crippen LogP contribution in [0.5, 0.6) is 0 Å². The van der Waals surface area contributed by atoms with E-state index in [4.69, 9.17) is 16.3 Å². The molecule has 2 rings (SSSR count). The fourth-order valence-corrected chi connectivity index (χ4v) is 2.33. The molecule has 0 spiro atoms. The third-order valence-electron chi connectivity index (χ3n) is 3.31. The lowest BCUT2D eigenvalue weighted by Gasteiger charge is -2.35. The average Bonchev–Trinajstić information content (AvgIpc) is 2.27. The predicted molar refractivity (Wildman–Crippen MR) is 75.6 cm³/mol. The fraction of sp³-hybridized carbons (Fsp3) is 0.643. The van der Waals surface area contributed by atoms with Crippen molar-refractivity contribution in [3.05, 3.63) is 22.8 Å². The topological polar surface area (TPSA) is 25.4 Å². The molecule has 0 unspecified atom stereocenters. The van der Waals surface area contributed by atoms with E-state index in [-0.39, 0.29) is 5.41 Å². The second-order valence-corrected chi connectivity index (χ2v) is 6.29. The van der Waals surface area contributed by atoms with Crippen molar-refractivity contribution in [1.29, 1.82) is 0 Å². The normalized spacial score (nSPS) is 21.2. The molecule has 1 aromatic rings. The number of anilines is 1. The van der Waals surface area contributed by atoms with Crippen LogP contribution in [0.15, 0.2) is 12.1 Å². The monoisotopic (exact) mass is 268 g/mol. The summed E-state index contributed by atoms with van der Waals surface area (Å²) < 4.78 is 5.46. The van der Waals surface area contributed by atoms with E-state index >= 15 is 0 Å². The molecular formula is C14H21ClN2O. The van der Waals surface area contributed by atoms with Crippen LogP contribution in [0.1, 0.15) is 33.3 Å². The summed E-state index contributed by atoms with van der Waals surface area (Å²) in [6.45, 7) is 11.1. The molecule has 1 saturated heterocycles. The molecule has 1 aliphatic heterocycles. The first kappa shape index (κ1) is 13.6. The summed E-state index contributed by atoms with van der Waals surface area (Å²) in [5.41, 5.74) is 1.30. The molecule has 1 atom stereocenters. The Morgan fingerprint density at radius 2 is 2.11 bits per heavy atom. The van der Waals surface area contributed by atoms with Gasteiger partial charge in [0.1, 0.15) is 11.0 Å². The molecule has 18 heavy (non-hydrogen) atoms. The highest BCUT2D eigenvalue weighted by Crippen LogP contribution is 2.29. The quantitative estimate of drug-likeness (QED) is 0.731. The van der Waals surface area contributed by atoms with Crippen LogP contribution in [0, 0.1) is 0 Å². The van der Waals surface area contributed by atoms with Gasteiger partial charge in [0.25, 0.3) is 0 Å². The van der Waals surface area contributed by atoms with Gasteiger partial charge in [-0.1, -0.05) is 32.4 Å². The third-order valence-corrected chi connectivity index (χ3v) is 3.50. The molecule has 100 valence electrons. The zero-order chi connectivity index (χ0) is 13.3. The van der Waals surface area contributed by atoms with Crippen LogP contribution in [-0.4, -0.2) is 30.8 Å². The molecule has 0 aromatic carbocycles. The first-order chi connectivity index (χ1) is 8.38. The zero-order valence-corrected chi connectivity index (χ0v) is 12.3. The Kier molecular flexibility index (Phi) is 3.83. The molecule has 4 heteroatoms. The summed E-state index contributed by atoms with van der Waals surface area (Å²) in [6, 6.07) is 4.45. The molecule has 1 aliphatic rings. The lowest BCUT2D eigenvalue weighted by Crippen LogP contribution is -2.44. The molecule has 1 fully saturated rings. The van der Waals surface area contributed by atoms with Crippen LogP contribution < -0.4 is 4.90 Å². The van der Waals surface area contributed by atoms with Crippen molar-refractivity contribution in [2.75, 3.05) is 24.7 Å². The van der Waals surface area contributed by atoms with Gasteiger partial charge in [0.05, 0.1) is 19.3 Å². The lowest BCUT2D eigenvalue weighted by atomic mass is 9.87. The van der Waals surface area contributed by atoms with Gasteiger partial charge in [-0.15, -0.1) is 0 Å². The zero-order valence-electron chi connectivity index (χ0n) is 11.5. The van der Waals surface area contributed by atoms with Crippen LogP contribution in [0.25, 0.3) is 0 Å². The van der Waals surface area contributed by atoms with E-state index in [1.54, 1.807) is 0 Å². The number of morpholine rings is 1. The van der Waals surface area contributed by atoms with Crippen LogP contribution in [0.2, 0.25) is 5.15 Å². The molecule has 1 aromatic heterocycles. The van der Waals surface area contributed by atoms with Crippen LogP contribution >= 0.6 is 11.6 Å². The van der Waals surface area contributed by atoms with E-state index in [1.807, 2.05) is 6.07 Å². The van der Waals surface area contributed by atoms with Crippen molar-refractivity contribution in [3.8, 4) is 0 Å². The first-order valence-electron chi connectivity index (χ1n) is 6.40. The smallest absolute Gasteiger partial charge is 0.131 e. The van der Waals surface area contributed by atoms with Crippen molar-refractivity contribution >= 4 is 17.4 Å². The van der Waals surface area contributed by atoms with Gasteiger partial charge in [0.2, 0.25) is 0 Å². The van der Waals surface area contributed by atoms with Crippen molar-refractivity contribution in [3.63, 3.8) is 0 Å². The Hall–Kier alpha value is -0.800. The average molecular weight is 269 g/mol. The Balaban J connectivity index is 2.35. The van der Waals surface area contributed by atoms with E-state index in [0.29, 0.717) is 11.2 Å². The summed E-state index contributed by atoms with van der Waals surface area (Å²) in [7, 11) is 0. The number of rotatable bonds is 1. The maximum absolute atomic E-state index is 6.15. The van der Waals surface area contributed by atoms with E-state index in [2.05, 4.69) is 43.6 Å².